The molecule has 2 aromatic rings. The molecule has 1 amide bonds. The molecule has 2 heterocycles. The Hall–Kier alpha value is -1.84. The van der Waals surface area contributed by atoms with Gasteiger partial charge in [0.05, 0.1) is 11.3 Å². The van der Waals surface area contributed by atoms with Crippen molar-refractivity contribution in [3.8, 4) is 0 Å². The Balaban J connectivity index is 1.22. The summed E-state index contributed by atoms with van der Waals surface area (Å²) in [5.41, 5.74) is 6.41. The SMILES string of the molecule is NC1CCCC(NC(=O)CCCN2CCN(c3csc4cc(C(F)(F)F)ccc34)CC2)C1. The van der Waals surface area contributed by atoms with E-state index in [1.165, 1.54) is 23.5 Å². The number of rotatable bonds is 6. The summed E-state index contributed by atoms with van der Waals surface area (Å²) in [4.78, 5) is 16.8. The third-order valence-electron chi connectivity index (χ3n) is 6.55. The average Bonchev–Trinajstić information content (AvgIpc) is 3.17. The molecule has 1 aliphatic carbocycles. The molecule has 176 valence electrons. The molecule has 1 saturated carbocycles. The van der Waals surface area contributed by atoms with Crippen LogP contribution in [0.4, 0.5) is 18.9 Å². The highest BCUT2D eigenvalue weighted by Gasteiger charge is 2.31. The maximum atomic E-state index is 13.0. The highest BCUT2D eigenvalue weighted by atomic mass is 32.1. The van der Waals surface area contributed by atoms with Crippen LogP contribution in [0.5, 0.6) is 0 Å². The molecule has 9 heteroatoms. The van der Waals surface area contributed by atoms with Crippen molar-refractivity contribution in [2.45, 2.75) is 56.8 Å². The summed E-state index contributed by atoms with van der Waals surface area (Å²) >= 11 is 1.36. The number of halogens is 3. The molecule has 0 bridgehead atoms. The van der Waals surface area contributed by atoms with E-state index in [1.807, 2.05) is 5.38 Å². The second kappa shape index (κ2) is 9.97. The van der Waals surface area contributed by atoms with E-state index in [9.17, 15) is 18.0 Å². The molecule has 4 rings (SSSR count). The van der Waals surface area contributed by atoms with Gasteiger partial charge in [0.1, 0.15) is 0 Å². The zero-order valence-electron chi connectivity index (χ0n) is 18.2. The van der Waals surface area contributed by atoms with Crippen molar-refractivity contribution >= 4 is 33.0 Å². The van der Waals surface area contributed by atoms with Gasteiger partial charge < -0.3 is 16.0 Å². The zero-order valence-corrected chi connectivity index (χ0v) is 19.0. The number of benzene rings is 1. The van der Waals surface area contributed by atoms with E-state index in [-0.39, 0.29) is 18.0 Å². The van der Waals surface area contributed by atoms with E-state index >= 15 is 0 Å². The van der Waals surface area contributed by atoms with Crippen LogP contribution in [0.1, 0.15) is 44.1 Å². The van der Waals surface area contributed by atoms with Gasteiger partial charge in [0.15, 0.2) is 0 Å². The lowest BCUT2D eigenvalue weighted by atomic mass is 9.91. The Bertz CT molecular complexity index is 924. The van der Waals surface area contributed by atoms with Crippen molar-refractivity contribution in [2.24, 2.45) is 5.73 Å². The van der Waals surface area contributed by atoms with Crippen molar-refractivity contribution in [3.63, 3.8) is 0 Å². The Morgan fingerprint density at radius 1 is 1.19 bits per heavy atom. The summed E-state index contributed by atoms with van der Waals surface area (Å²) in [6.45, 7) is 4.32. The normalized spacial score (nSPS) is 22.9. The number of hydrogen-bond acceptors (Lipinski definition) is 5. The van der Waals surface area contributed by atoms with Gasteiger partial charge in [0, 0.05) is 60.1 Å². The Morgan fingerprint density at radius 3 is 2.69 bits per heavy atom. The summed E-state index contributed by atoms with van der Waals surface area (Å²) in [7, 11) is 0. The van der Waals surface area contributed by atoms with E-state index in [2.05, 4.69) is 15.1 Å². The number of thiophene rings is 1. The number of amides is 1. The number of nitrogens with zero attached hydrogens (tertiary/aromatic N) is 2. The molecule has 1 aromatic heterocycles. The molecule has 3 N–H and O–H groups in total. The number of carbonyl (C=O) groups is 1. The summed E-state index contributed by atoms with van der Waals surface area (Å²) in [6.07, 6.45) is 1.07. The maximum Gasteiger partial charge on any atom is 0.416 e. The minimum Gasteiger partial charge on any atom is -0.368 e. The summed E-state index contributed by atoms with van der Waals surface area (Å²) < 4.78 is 39.6. The predicted molar refractivity (Wildman–Crippen MR) is 123 cm³/mol. The minimum absolute atomic E-state index is 0.116. The highest BCUT2D eigenvalue weighted by molar-refractivity contribution is 7.17. The van der Waals surface area contributed by atoms with Crippen LogP contribution >= 0.6 is 11.3 Å². The fraction of sp³-hybridized carbons (Fsp3) is 0.609. The molecule has 5 nitrogen and oxygen atoms in total. The van der Waals surface area contributed by atoms with Crippen LogP contribution in [0.3, 0.4) is 0 Å². The van der Waals surface area contributed by atoms with Gasteiger partial charge in [0.25, 0.3) is 0 Å². The molecule has 0 radical (unpaired) electrons. The lowest BCUT2D eigenvalue weighted by Crippen LogP contribution is -2.47. The Morgan fingerprint density at radius 2 is 1.97 bits per heavy atom. The smallest absolute Gasteiger partial charge is 0.368 e. The first kappa shape index (κ1) is 23.3. The lowest BCUT2D eigenvalue weighted by Gasteiger charge is -2.36. The van der Waals surface area contributed by atoms with Gasteiger partial charge in [-0.2, -0.15) is 13.2 Å². The van der Waals surface area contributed by atoms with Gasteiger partial charge in [-0.05, 0) is 50.8 Å². The lowest BCUT2D eigenvalue weighted by molar-refractivity contribution is -0.137. The van der Waals surface area contributed by atoms with E-state index in [0.29, 0.717) is 11.1 Å². The molecule has 1 saturated heterocycles. The molecule has 2 fully saturated rings. The van der Waals surface area contributed by atoms with E-state index < -0.39 is 11.7 Å². The van der Waals surface area contributed by atoms with Crippen molar-refractivity contribution in [1.29, 1.82) is 0 Å². The molecule has 32 heavy (non-hydrogen) atoms. The first-order chi connectivity index (χ1) is 15.3. The predicted octanol–water partition coefficient (Wildman–Crippen LogP) is 4.21. The van der Waals surface area contributed by atoms with Crippen LogP contribution in [0.15, 0.2) is 23.6 Å². The number of piperazine rings is 1. The van der Waals surface area contributed by atoms with Crippen LogP contribution in [0.25, 0.3) is 10.1 Å². The number of hydrogen-bond donors (Lipinski definition) is 2. The van der Waals surface area contributed by atoms with Gasteiger partial charge in [-0.15, -0.1) is 11.3 Å². The number of alkyl halides is 3. The number of anilines is 1. The Labute approximate surface area is 190 Å². The van der Waals surface area contributed by atoms with Gasteiger partial charge in [-0.25, -0.2) is 0 Å². The van der Waals surface area contributed by atoms with Crippen molar-refractivity contribution in [1.82, 2.24) is 10.2 Å². The highest BCUT2D eigenvalue weighted by Crippen LogP contribution is 2.38. The second-order valence-corrected chi connectivity index (χ2v) is 9.86. The largest absolute Gasteiger partial charge is 0.416 e. The molecule has 2 unspecified atom stereocenters. The van der Waals surface area contributed by atoms with E-state index in [1.54, 1.807) is 6.07 Å². The third-order valence-corrected chi connectivity index (χ3v) is 7.49. The first-order valence-corrected chi connectivity index (χ1v) is 12.3. The first-order valence-electron chi connectivity index (χ1n) is 11.4. The van der Waals surface area contributed by atoms with Crippen molar-refractivity contribution in [2.75, 3.05) is 37.6 Å². The number of carbonyl (C=O) groups excluding carboxylic acids is 1. The van der Waals surface area contributed by atoms with Crippen LogP contribution in [0.2, 0.25) is 0 Å². The number of fused-ring (bicyclic) bond motifs is 1. The zero-order chi connectivity index (χ0) is 22.7. The van der Waals surface area contributed by atoms with Crippen LogP contribution in [-0.4, -0.2) is 55.6 Å². The topological polar surface area (TPSA) is 61.6 Å². The van der Waals surface area contributed by atoms with Crippen molar-refractivity contribution < 1.29 is 18.0 Å². The van der Waals surface area contributed by atoms with Gasteiger partial charge in [-0.1, -0.05) is 6.07 Å². The van der Waals surface area contributed by atoms with Gasteiger partial charge in [0.2, 0.25) is 5.91 Å². The van der Waals surface area contributed by atoms with E-state index in [4.69, 9.17) is 5.73 Å². The number of nitrogens with one attached hydrogen (secondary N) is 1. The van der Waals surface area contributed by atoms with E-state index in [0.717, 1.165) is 75.9 Å². The number of nitrogens with two attached hydrogens (primary N) is 1. The molecule has 1 aromatic carbocycles. The van der Waals surface area contributed by atoms with Gasteiger partial charge >= 0.3 is 6.18 Å². The summed E-state index contributed by atoms with van der Waals surface area (Å²) in [5, 5.41) is 5.97. The van der Waals surface area contributed by atoms with Crippen LogP contribution in [0, 0.1) is 0 Å². The Kier molecular flexibility index (Phi) is 7.27. The van der Waals surface area contributed by atoms with Crippen molar-refractivity contribution in [3.05, 3.63) is 29.1 Å². The van der Waals surface area contributed by atoms with Gasteiger partial charge in [-0.3, -0.25) is 9.69 Å². The third kappa shape index (κ3) is 5.74. The second-order valence-electron chi connectivity index (χ2n) is 8.95. The quantitative estimate of drug-likeness (QED) is 0.667. The molecule has 2 atom stereocenters. The molecule has 2 aliphatic rings. The molecular formula is C23H31F3N4OS. The van der Waals surface area contributed by atoms with Crippen LogP contribution < -0.4 is 16.0 Å². The fourth-order valence-corrected chi connectivity index (χ4v) is 5.78. The summed E-state index contributed by atoms with van der Waals surface area (Å²) in [6, 6.07) is 4.43. The average molecular weight is 469 g/mol. The minimum atomic E-state index is -4.32. The van der Waals surface area contributed by atoms with Crippen LogP contribution in [-0.2, 0) is 11.0 Å². The fourth-order valence-electron chi connectivity index (χ4n) is 4.77. The maximum absolute atomic E-state index is 13.0. The standard InChI is InChI=1S/C23H31F3N4OS/c24-23(25,26)16-6-7-19-20(15-32-21(19)13-16)30-11-9-29(10-12-30)8-2-5-22(31)28-18-4-1-3-17(27)14-18/h6-7,13,15,17-18H,1-5,8-12,14,27H2,(H,28,31). The summed E-state index contributed by atoms with van der Waals surface area (Å²) in [5.74, 6) is 0.116. The molecule has 0 spiro atoms. The molecule has 1 aliphatic heterocycles. The molecular weight excluding hydrogens is 437 g/mol. The monoisotopic (exact) mass is 468 g/mol.